The second-order valence-corrected chi connectivity index (χ2v) is 11.3. The molecule has 2 N–H and O–H groups in total. The smallest absolute Gasteiger partial charge is 0.480 e. The number of benzene rings is 2. The number of fused-ring (bicyclic) bond motifs is 1. The number of nitrogens with one attached hydrogen (secondary N) is 1. The number of halogens is 4. The summed E-state index contributed by atoms with van der Waals surface area (Å²) in [5, 5.41) is 12.4. The normalized spacial score (nSPS) is 19.7. The first-order valence-electron chi connectivity index (χ1n) is 12.9. The van der Waals surface area contributed by atoms with E-state index in [2.05, 4.69) is 35.8 Å². The van der Waals surface area contributed by atoms with Crippen molar-refractivity contribution >= 4 is 34.5 Å². The molecule has 1 aliphatic carbocycles. The van der Waals surface area contributed by atoms with E-state index in [1.54, 1.807) is 0 Å². The highest BCUT2D eigenvalue weighted by atomic mass is 19.4. The van der Waals surface area contributed by atoms with Gasteiger partial charge in [0.2, 0.25) is 5.95 Å². The number of carboxylic acid groups (broad SMARTS) is 1. The average molecular weight is 565 g/mol. The van der Waals surface area contributed by atoms with Crippen molar-refractivity contribution < 1.29 is 37.0 Å². The van der Waals surface area contributed by atoms with Crippen LogP contribution in [-0.2, 0) is 4.79 Å². The maximum Gasteiger partial charge on any atom is 0.573 e. The van der Waals surface area contributed by atoms with Crippen LogP contribution in [0, 0.1) is 17.2 Å². The third-order valence-corrected chi connectivity index (χ3v) is 7.34. The van der Waals surface area contributed by atoms with E-state index in [0.29, 0.717) is 28.6 Å². The standard InChI is InChI=1S/C28H32F4N4O4/c1-15-10-18(14-27(3,4)13-15)36-23-12-21(29)20(24(37)35(5)16(2)25(38)39)11-22(23)34-26(36)33-17-6-8-19(9-7-17)40-28(30,31)32/h6-9,11-12,15-16,18H,10,13-14H2,1-5H3,(H,33,34)(H,38,39)/t15-,16-,18+/m0/s1. The summed E-state index contributed by atoms with van der Waals surface area (Å²) in [5.41, 5.74) is 0.872. The fourth-order valence-corrected chi connectivity index (χ4v) is 5.63. The number of carbonyl (C=O) groups is 2. The molecule has 0 saturated heterocycles. The average Bonchev–Trinajstić information content (AvgIpc) is 3.17. The highest BCUT2D eigenvalue weighted by Gasteiger charge is 2.35. The number of hydrogen-bond donors (Lipinski definition) is 2. The molecule has 2 aromatic carbocycles. The monoisotopic (exact) mass is 564 g/mol. The van der Waals surface area contributed by atoms with Gasteiger partial charge in [-0.2, -0.15) is 0 Å². The van der Waals surface area contributed by atoms with Gasteiger partial charge in [-0.15, -0.1) is 13.2 Å². The van der Waals surface area contributed by atoms with Crippen LogP contribution in [0.5, 0.6) is 5.75 Å². The van der Waals surface area contributed by atoms with Gasteiger partial charge in [0, 0.05) is 24.8 Å². The first-order valence-corrected chi connectivity index (χ1v) is 12.9. The molecule has 3 atom stereocenters. The number of rotatable bonds is 7. The summed E-state index contributed by atoms with van der Waals surface area (Å²) in [4.78, 5) is 29.9. The molecule has 8 nitrogen and oxygen atoms in total. The zero-order valence-electron chi connectivity index (χ0n) is 22.8. The lowest BCUT2D eigenvalue weighted by atomic mass is 9.70. The van der Waals surface area contributed by atoms with Crippen molar-refractivity contribution in [2.45, 2.75) is 65.4 Å². The van der Waals surface area contributed by atoms with Crippen LogP contribution in [0.4, 0.5) is 29.2 Å². The Morgan fingerprint density at radius 1 is 1.20 bits per heavy atom. The van der Waals surface area contributed by atoms with Gasteiger partial charge in [0.1, 0.15) is 17.6 Å². The summed E-state index contributed by atoms with van der Waals surface area (Å²) in [5.74, 6) is -2.51. The highest BCUT2D eigenvalue weighted by molar-refractivity contribution is 5.99. The van der Waals surface area contributed by atoms with Crippen molar-refractivity contribution in [2.75, 3.05) is 12.4 Å². The van der Waals surface area contributed by atoms with E-state index in [0.717, 1.165) is 24.2 Å². The largest absolute Gasteiger partial charge is 0.573 e. The maximum absolute atomic E-state index is 15.4. The molecule has 0 radical (unpaired) electrons. The van der Waals surface area contributed by atoms with E-state index in [9.17, 15) is 27.9 Å². The van der Waals surface area contributed by atoms with Crippen LogP contribution in [-0.4, -0.2) is 50.9 Å². The molecular weight excluding hydrogens is 532 g/mol. The van der Waals surface area contributed by atoms with E-state index in [1.807, 2.05) is 4.57 Å². The third-order valence-electron chi connectivity index (χ3n) is 7.34. The number of likely N-dealkylation sites (N-methyl/N-ethyl adjacent to an activating group) is 1. The van der Waals surface area contributed by atoms with Crippen molar-refractivity contribution in [3.8, 4) is 5.75 Å². The van der Waals surface area contributed by atoms with Gasteiger partial charge < -0.3 is 24.6 Å². The molecule has 1 fully saturated rings. The first-order chi connectivity index (χ1) is 18.5. The zero-order valence-corrected chi connectivity index (χ0v) is 22.8. The number of anilines is 2. The lowest BCUT2D eigenvalue weighted by Gasteiger charge is -2.40. The molecule has 1 amide bonds. The summed E-state index contributed by atoms with van der Waals surface area (Å²) in [6.45, 7) is 7.80. The molecule has 0 spiro atoms. The van der Waals surface area contributed by atoms with Crippen molar-refractivity contribution in [2.24, 2.45) is 11.3 Å². The second-order valence-electron chi connectivity index (χ2n) is 11.3. The van der Waals surface area contributed by atoms with E-state index in [4.69, 9.17) is 0 Å². The molecule has 0 bridgehead atoms. The number of aromatic nitrogens is 2. The predicted octanol–water partition coefficient (Wildman–Crippen LogP) is 6.75. The molecule has 1 saturated carbocycles. The van der Waals surface area contributed by atoms with Gasteiger partial charge in [-0.25, -0.2) is 14.2 Å². The molecule has 0 unspecified atom stereocenters. The first kappa shape index (κ1) is 29.2. The predicted molar refractivity (Wildman–Crippen MR) is 141 cm³/mol. The van der Waals surface area contributed by atoms with Crippen LogP contribution in [0.1, 0.15) is 63.4 Å². The van der Waals surface area contributed by atoms with Crippen LogP contribution >= 0.6 is 0 Å². The summed E-state index contributed by atoms with van der Waals surface area (Å²) in [7, 11) is 1.29. The molecule has 40 heavy (non-hydrogen) atoms. The topological polar surface area (TPSA) is 96.7 Å². The second kappa shape index (κ2) is 10.6. The summed E-state index contributed by atoms with van der Waals surface area (Å²) in [6.07, 6.45) is -2.23. The fraction of sp³-hybridized carbons (Fsp3) is 0.464. The number of nitrogens with zero attached hydrogens (tertiary/aromatic N) is 3. The SMILES string of the molecule is C[C@H]1C[C@@H](n2c(Nc3ccc(OC(F)(F)F)cc3)nc3cc(C(=O)N(C)[C@@H](C)C(=O)O)c(F)cc32)CC(C)(C)C1. The molecule has 1 heterocycles. The molecule has 3 aromatic rings. The summed E-state index contributed by atoms with van der Waals surface area (Å²) in [6, 6.07) is 6.45. The number of ether oxygens (including phenoxy) is 1. The summed E-state index contributed by atoms with van der Waals surface area (Å²) < 4.78 is 59.0. The Bertz CT molecular complexity index is 1420. The van der Waals surface area contributed by atoms with E-state index < -0.39 is 30.1 Å². The Labute approximate surface area is 228 Å². The molecule has 12 heteroatoms. The lowest BCUT2D eigenvalue weighted by molar-refractivity contribution is -0.274. The van der Waals surface area contributed by atoms with E-state index in [-0.39, 0.29) is 22.8 Å². The molecular formula is C28H32F4N4O4. The van der Waals surface area contributed by atoms with Crippen LogP contribution in [0.25, 0.3) is 11.0 Å². The Hall–Kier alpha value is -3.83. The van der Waals surface area contributed by atoms with E-state index in [1.165, 1.54) is 50.4 Å². The van der Waals surface area contributed by atoms with Gasteiger partial charge in [0.15, 0.2) is 0 Å². The van der Waals surface area contributed by atoms with Gasteiger partial charge in [0.25, 0.3) is 5.91 Å². The van der Waals surface area contributed by atoms with Crippen molar-refractivity contribution in [1.82, 2.24) is 14.5 Å². The van der Waals surface area contributed by atoms with Crippen molar-refractivity contribution in [1.29, 1.82) is 0 Å². The molecule has 1 aromatic heterocycles. The fourth-order valence-electron chi connectivity index (χ4n) is 5.63. The lowest BCUT2D eigenvalue weighted by Crippen LogP contribution is -2.40. The van der Waals surface area contributed by atoms with Crippen LogP contribution in [0.3, 0.4) is 0 Å². The minimum atomic E-state index is -4.82. The Balaban J connectivity index is 1.78. The molecule has 1 aliphatic rings. The van der Waals surface area contributed by atoms with Gasteiger partial charge in [-0.05, 0) is 67.9 Å². The van der Waals surface area contributed by atoms with Crippen molar-refractivity contribution in [3.63, 3.8) is 0 Å². The third kappa shape index (κ3) is 6.31. The van der Waals surface area contributed by atoms with Gasteiger partial charge in [-0.1, -0.05) is 20.8 Å². The number of hydrogen-bond acceptors (Lipinski definition) is 5. The number of carboxylic acids is 1. The van der Waals surface area contributed by atoms with Gasteiger partial charge >= 0.3 is 12.3 Å². The molecule has 216 valence electrons. The van der Waals surface area contributed by atoms with Crippen LogP contribution in [0.2, 0.25) is 0 Å². The number of imidazole rings is 1. The minimum Gasteiger partial charge on any atom is -0.480 e. The van der Waals surface area contributed by atoms with Crippen LogP contribution in [0.15, 0.2) is 36.4 Å². The highest BCUT2D eigenvalue weighted by Crippen LogP contribution is 2.46. The maximum atomic E-state index is 15.4. The molecule has 4 rings (SSSR count). The molecule has 0 aliphatic heterocycles. The van der Waals surface area contributed by atoms with Crippen LogP contribution < -0.4 is 10.1 Å². The van der Waals surface area contributed by atoms with E-state index >= 15 is 4.39 Å². The minimum absolute atomic E-state index is 0.00306. The zero-order chi connectivity index (χ0) is 29.6. The number of alkyl halides is 3. The Morgan fingerprint density at radius 2 is 1.85 bits per heavy atom. The van der Waals surface area contributed by atoms with Gasteiger partial charge in [0.05, 0.1) is 16.6 Å². The number of carbonyl (C=O) groups excluding carboxylic acids is 1. The number of aliphatic carboxylic acids is 1. The Kier molecular flexibility index (Phi) is 7.75. The Morgan fingerprint density at radius 3 is 2.42 bits per heavy atom. The van der Waals surface area contributed by atoms with Crippen molar-refractivity contribution in [3.05, 3.63) is 47.8 Å². The quantitative estimate of drug-likeness (QED) is 0.308. The number of amides is 1. The summed E-state index contributed by atoms with van der Waals surface area (Å²) >= 11 is 0. The van der Waals surface area contributed by atoms with Gasteiger partial charge in [-0.3, -0.25) is 4.79 Å².